The van der Waals surface area contributed by atoms with Gasteiger partial charge in [-0.3, -0.25) is 9.59 Å². The van der Waals surface area contributed by atoms with E-state index in [0.29, 0.717) is 36.5 Å². The van der Waals surface area contributed by atoms with Crippen molar-refractivity contribution in [3.05, 3.63) is 54.1 Å². The summed E-state index contributed by atoms with van der Waals surface area (Å²) in [6, 6.07) is 14.6. The highest BCUT2D eigenvalue weighted by Gasteiger charge is 2.16. The van der Waals surface area contributed by atoms with E-state index in [4.69, 9.17) is 10.5 Å². The Morgan fingerprint density at radius 3 is 2.56 bits per heavy atom. The van der Waals surface area contributed by atoms with E-state index in [-0.39, 0.29) is 30.8 Å². The molecule has 0 saturated carbocycles. The van der Waals surface area contributed by atoms with Crippen molar-refractivity contribution in [3.8, 4) is 5.75 Å². The molecular weight excluding hydrogens is 366 g/mol. The Bertz CT molecular complexity index is 768. The molecule has 6 nitrogen and oxygen atoms in total. The van der Waals surface area contributed by atoms with Crippen LogP contribution in [0, 0.1) is 0 Å². The maximum Gasteiger partial charge on any atom is 0.243 e. The van der Waals surface area contributed by atoms with Gasteiger partial charge in [-0.2, -0.15) is 0 Å². The Balaban J connectivity index is 0.00000364. The van der Waals surface area contributed by atoms with Crippen molar-refractivity contribution < 1.29 is 14.3 Å². The van der Waals surface area contributed by atoms with E-state index in [0.717, 1.165) is 5.56 Å². The van der Waals surface area contributed by atoms with E-state index in [9.17, 15) is 9.59 Å². The molecule has 2 amide bonds. The van der Waals surface area contributed by atoms with Crippen LogP contribution in [-0.2, 0) is 16.0 Å². The van der Waals surface area contributed by atoms with Crippen molar-refractivity contribution in [2.45, 2.75) is 19.8 Å². The quantitative estimate of drug-likeness (QED) is 0.677. The molecule has 0 heterocycles. The fraction of sp³-hybridized carbons (Fsp3) is 0.300. The molecule has 7 heteroatoms. The highest BCUT2D eigenvalue weighted by Crippen LogP contribution is 2.17. The van der Waals surface area contributed by atoms with Crippen molar-refractivity contribution in [1.82, 2.24) is 4.90 Å². The zero-order valence-electron chi connectivity index (χ0n) is 15.6. The van der Waals surface area contributed by atoms with E-state index in [1.807, 2.05) is 31.2 Å². The fourth-order valence-corrected chi connectivity index (χ4v) is 2.61. The number of anilines is 2. The lowest BCUT2D eigenvalue weighted by atomic mass is 10.1. The molecule has 0 fully saturated rings. The van der Waals surface area contributed by atoms with Crippen LogP contribution in [0.25, 0.3) is 0 Å². The molecule has 2 aromatic rings. The molecule has 0 aliphatic carbocycles. The topological polar surface area (TPSA) is 84.7 Å². The Labute approximate surface area is 166 Å². The van der Waals surface area contributed by atoms with Gasteiger partial charge < -0.3 is 20.7 Å². The van der Waals surface area contributed by atoms with Crippen molar-refractivity contribution in [2.24, 2.45) is 0 Å². The summed E-state index contributed by atoms with van der Waals surface area (Å²) in [4.78, 5) is 26.2. The Morgan fingerprint density at radius 2 is 1.89 bits per heavy atom. The third kappa shape index (κ3) is 6.83. The predicted molar refractivity (Wildman–Crippen MR) is 110 cm³/mol. The number of amides is 2. The largest absolute Gasteiger partial charge is 0.497 e. The van der Waals surface area contributed by atoms with Crippen molar-refractivity contribution in [2.75, 3.05) is 31.2 Å². The summed E-state index contributed by atoms with van der Waals surface area (Å²) < 4.78 is 5.13. The molecule has 0 aliphatic rings. The Kier molecular flexibility index (Phi) is 9.16. The van der Waals surface area contributed by atoms with Gasteiger partial charge in [0.25, 0.3) is 0 Å². The number of ether oxygens (including phenoxy) is 1. The molecule has 0 saturated heterocycles. The molecule has 0 bridgehead atoms. The Hall–Kier alpha value is -2.73. The number of aryl methyl sites for hydroxylation is 1. The minimum absolute atomic E-state index is 0. The van der Waals surface area contributed by atoms with Crippen molar-refractivity contribution >= 4 is 35.6 Å². The van der Waals surface area contributed by atoms with Gasteiger partial charge in [-0.25, -0.2) is 0 Å². The summed E-state index contributed by atoms with van der Waals surface area (Å²) in [5, 5.41) is 2.79. The van der Waals surface area contributed by atoms with Gasteiger partial charge in [-0.15, -0.1) is 12.4 Å². The standard InChI is InChI=1S/C20H25N3O3.ClH/c1-3-23(20(25)12-11-15-7-4-5-10-18(15)21)14-19(24)22-16-8-6-9-17(13-16)26-2;/h4-10,13H,3,11-12,14,21H2,1-2H3,(H,22,24);1H. The monoisotopic (exact) mass is 391 g/mol. The average Bonchev–Trinajstić information content (AvgIpc) is 2.65. The number of para-hydroxylation sites is 1. The molecule has 0 atom stereocenters. The summed E-state index contributed by atoms with van der Waals surface area (Å²) in [7, 11) is 1.57. The van der Waals surface area contributed by atoms with Crippen LogP contribution in [0.5, 0.6) is 5.75 Å². The third-order valence-electron chi connectivity index (χ3n) is 4.09. The fourth-order valence-electron chi connectivity index (χ4n) is 2.61. The molecule has 146 valence electrons. The second-order valence-electron chi connectivity index (χ2n) is 5.89. The highest BCUT2D eigenvalue weighted by atomic mass is 35.5. The van der Waals surface area contributed by atoms with E-state index in [1.165, 1.54) is 4.90 Å². The Morgan fingerprint density at radius 1 is 1.15 bits per heavy atom. The van der Waals surface area contributed by atoms with Crippen molar-refractivity contribution in [3.63, 3.8) is 0 Å². The second kappa shape index (κ2) is 11.1. The van der Waals surface area contributed by atoms with Crippen LogP contribution in [0.1, 0.15) is 18.9 Å². The molecule has 0 aliphatic heterocycles. The van der Waals surface area contributed by atoms with Crippen LogP contribution in [0.15, 0.2) is 48.5 Å². The van der Waals surface area contributed by atoms with Crippen LogP contribution < -0.4 is 15.8 Å². The van der Waals surface area contributed by atoms with Gasteiger partial charge in [0, 0.05) is 30.4 Å². The zero-order valence-corrected chi connectivity index (χ0v) is 16.4. The molecule has 0 unspecified atom stereocenters. The summed E-state index contributed by atoms with van der Waals surface area (Å²) in [5.74, 6) is 0.343. The maximum absolute atomic E-state index is 12.4. The van der Waals surface area contributed by atoms with Crippen molar-refractivity contribution in [1.29, 1.82) is 0 Å². The molecule has 0 radical (unpaired) electrons. The zero-order chi connectivity index (χ0) is 18.9. The SMILES string of the molecule is CCN(CC(=O)Nc1cccc(OC)c1)C(=O)CCc1ccccc1N.Cl. The first-order valence-electron chi connectivity index (χ1n) is 8.58. The molecule has 0 aromatic heterocycles. The van der Waals surface area contributed by atoms with Gasteiger partial charge in [-0.05, 0) is 37.1 Å². The number of likely N-dealkylation sites (N-methyl/N-ethyl adjacent to an activating group) is 1. The number of carbonyl (C=O) groups is 2. The van der Waals surface area contributed by atoms with Crippen LogP contribution in [0.3, 0.4) is 0 Å². The van der Waals surface area contributed by atoms with Gasteiger partial charge in [0.2, 0.25) is 11.8 Å². The number of halogens is 1. The first-order chi connectivity index (χ1) is 12.5. The highest BCUT2D eigenvalue weighted by molar-refractivity contribution is 5.94. The second-order valence-corrected chi connectivity index (χ2v) is 5.89. The summed E-state index contributed by atoms with van der Waals surface area (Å²) in [6.07, 6.45) is 0.869. The molecule has 3 N–H and O–H groups in total. The average molecular weight is 392 g/mol. The summed E-state index contributed by atoms with van der Waals surface area (Å²) >= 11 is 0. The first-order valence-corrected chi connectivity index (χ1v) is 8.58. The number of benzene rings is 2. The molecular formula is C20H26ClN3O3. The predicted octanol–water partition coefficient (Wildman–Crippen LogP) is 3.12. The lowest BCUT2D eigenvalue weighted by Gasteiger charge is -2.20. The van der Waals surface area contributed by atoms with Crippen LogP contribution in [0.2, 0.25) is 0 Å². The summed E-state index contributed by atoms with van der Waals surface area (Å²) in [5.41, 5.74) is 8.16. The maximum atomic E-state index is 12.4. The molecule has 0 spiro atoms. The lowest BCUT2D eigenvalue weighted by Crippen LogP contribution is -2.38. The number of carbonyl (C=O) groups excluding carboxylic acids is 2. The number of hydrogen-bond acceptors (Lipinski definition) is 4. The number of methoxy groups -OCH3 is 1. The normalized spacial score (nSPS) is 9.85. The van der Waals surface area contributed by atoms with Gasteiger partial charge in [0.1, 0.15) is 5.75 Å². The number of nitrogens with one attached hydrogen (secondary N) is 1. The number of nitrogens with two attached hydrogens (primary N) is 1. The van der Waals surface area contributed by atoms with E-state index < -0.39 is 0 Å². The lowest BCUT2D eigenvalue weighted by molar-refractivity contribution is -0.134. The van der Waals surface area contributed by atoms with Crippen LogP contribution in [0.4, 0.5) is 11.4 Å². The van der Waals surface area contributed by atoms with E-state index in [2.05, 4.69) is 5.32 Å². The number of nitrogen functional groups attached to an aromatic ring is 1. The van der Waals surface area contributed by atoms with Gasteiger partial charge in [-0.1, -0.05) is 24.3 Å². The van der Waals surface area contributed by atoms with Gasteiger partial charge in [0.05, 0.1) is 13.7 Å². The van der Waals surface area contributed by atoms with E-state index in [1.54, 1.807) is 31.4 Å². The minimum Gasteiger partial charge on any atom is -0.497 e. The number of hydrogen-bond donors (Lipinski definition) is 2. The van der Waals surface area contributed by atoms with E-state index >= 15 is 0 Å². The van der Waals surface area contributed by atoms with Gasteiger partial charge in [0.15, 0.2) is 0 Å². The molecule has 27 heavy (non-hydrogen) atoms. The minimum atomic E-state index is -0.243. The number of rotatable bonds is 8. The smallest absolute Gasteiger partial charge is 0.243 e. The van der Waals surface area contributed by atoms with Crippen LogP contribution in [-0.4, -0.2) is 36.9 Å². The summed E-state index contributed by atoms with van der Waals surface area (Å²) in [6.45, 7) is 2.33. The van der Waals surface area contributed by atoms with Gasteiger partial charge >= 0.3 is 0 Å². The first kappa shape index (κ1) is 22.3. The third-order valence-corrected chi connectivity index (χ3v) is 4.09. The molecule has 2 aromatic carbocycles. The molecule has 2 rings (SSSR count). The van der Waals surface area contributed by atoms with Crippen LogP contribution >= 0.6 is 12.4 Å². The number of nitrogens with zero attached hydrogens (tertiary/aromatic N) is 1.